The van der Waals surface area contributed by atoms with Crippen molar-refractivity contribution in [3.05, 3.63) is 54.1 Å². The molecule has 4 atom stereocenters. The SMILES string of the molecule is CCC=CCC=CCCCCCC(CCCCCCC)C(=O)COC(=O)C(C)(C)NC(=O)[C@H](CC(C)C)NC(=O)OCc1ccc(NC(=O)[C@H](CCCNC(N)=O)NC(=O)[C@@H](N)C(C)C)cc1. The second-order valence-electron chi connectivity index (χ2n) is 18.6. The van der Waals surface area contributed by atoms with Gasteiger partial charge in [0.05, 0.1) is 6.04 Å². The summed E-state index contributed by atoms with van der Waals surface area (Å²) < 4.78 is 11.0. The van der Waals surface area contributed by atoms with E-state index in [4.69, 9.17) is 20.9 Å². The first kappa shape index (κ1) is 59.8. The third-order valence-electron chi connectivity index (χ3n) is 11.2. The number of nitrogens with one attached hydrogen (secondary N) is 5. The highest BCUT2D eigenvalue weighted by atomic mass is 16.5. The molecule has 1 aromatic carbocycles. The lowest BCUT2D eigenvalue weighted by Gasteiger charge is -2.28. The lowest BCUT2D eigenvalue weighted by Crippen LogP contribution is -2.57. The van der Waals surface area contributed by atoms with Gasteiger partial charge in [-0.2, -0.15) is 0 Å². The average Bonchev–Trinajstić information content (AvgIpc) is 3.27. The molecule has 0 saturated carbocycles. The number of hydrogen-bond donors (Lipinski definition) is 7. The zero-order valence-corrected chi connectivity index (χ0v) is 41.8. The highest BCUT2D eigenvalue weighted by molar-refractivity contribution is 5.98. The number of anilines is 1. The molecule has 0 spiro atoms. The molecule has 16 nitrogen and oxygen atoms in total. The smallest absolute Gasteiger partial charge is 0.408 e. The van der Waals surface area contributed by atoms with E-state index in [1.165, 1.54) is 13.8 Å². The van der Waals surface area contributed by atoms with Gasteiger partial charge in [-0.25, -0.2) is 14.4 Å². The third-order valence-corrected chi connectivity index (χ3v) is 11.2. The van der Waals surface area contributed by atoms with Gasteiger partial charge >= 0.3 is 18.1 Å². The van der Waals surface area contributed by atoms with Gasteiger partial charge in [0.15, 0.2) is 5.78 Å². The molecule has 0 fully saturated rings. The Bertz CT molecular complexity index is 1710. The average molecular weight is 940 g/mol. The number of Topliss-reactive ketones (excluding diaryl/α,β-unsaturated/α-hetero) is 1. The second kappa shape index (κ2) is 34.1. The first-order chi connectivity index (χ1) is 31.8. The van der Waals surface area contributed by atoms with E-state index in [2.05, 4.69) is 64.7 Å². The van der Waals surface area contributed by atoms with Crippen molar-refractivity contribution in [1.29, 1.82) is 0 Å². The van der Waals surface area contributed by atoms with Gasteiger partial charge in [-0.15, -0.1) is 0 Å². The van der Waals surface area contributed by atoms with Crippen molar-refractivity contribution in [2.45, 2.75) is 188 Å². The molecule has 0 saturated heterocycles. The van der Waals surface area contributed by atoms with E-state index in [9.17, 15) is 33.6 Å². The number of carbonyl (C=O) groups is 7. The molecule has 0 aliphatic rings. The molecule has 0 heterocycles. The van der Waals surface area contributed by atoms with Crippen LogP contribution in [0, 0.1) is 17.8 Å². The van der Waals surface area contributed by atoms with Crippen molar-refractivity contribution in [3.8, 4) is 0 Å². The summed E-state index contributed by atoms with van der Waals surface area (Å²) in [5, 5.41) is 13.2. The maximum absolute atomic E-state index is 13.6. The Morgan fingerprint density at radius 2 is 1.36 bits per heavy atom. The number of carbonyl (C=O) groups excluding carboxylic acids is 7. The minimum absolute atomic E-state index is 0.0125. The number of amides is 6. The van der Waals surface area contributed by atoms with Gasteiger partial charge in [0.25, 0.3) is 0 Å². The van der Waals surface area contributed by atoms with Crippen molar-refractivity contribution in [3.63, 3.8) is 0 Å². The molecule has 0 radical (unpaired) electrons. The monoisotopic (exact) mass is 940 g/mol. The third kappa shape index (κ3) is 27.2. The highest BCUT2D eigenvalue weighted by Crippen LogP contribution is 2.21. The molecular formula is C51H85N7O9. The van der Waals surface area contributed by atoms with Gasteiger partial charge in [-0.3, -0.25) is 19.2 Å². The molecule has 1 aromatic rings. The van der Waals surface area contributed by atoms with Gasteiger partial charge in [0.1, 0.15) is 30.8 Å². The number of hydrogen-bond acceptors (Lipinski definition) is 10. The van der Waals surface area contributed by atoms with E-state index >= 15 is 0 Å². The van der Waals surface area contributed by atoms with Crippen molar-refractivity contribution >= 4 is 47.3 Å². The van der Waals surface area contributed by atoms with Crippen LogP contribution in [0.25, 0.3) is 0 Å². The van der Waals surface area contributed by atoms with Crippen LogP contribution >= 0.6 is 0 Å². The normalized spacial score (nSPS) is 13.5. The second-order valence-corrected chi connectivity index (χ2v) is 18.6. The van der Waals surface area contributed by atoms with E-state index < -0.39 is 59.5 Å². The maximum atomic E-state index is 13.6. The van der Waals surface area contributed by atoms with Gasteiger partial charge in [0, 0.05) is 18.2 Å². The van der Waals surface area contributed by atoms with Gasteiger partial charge in [-0.1, -0.05) is 123 Å². The lowest BCUT2D eigenvalue weighted by atomic mass is 9.91. The van der Waals surface area contributed by atoms with Crippen LogP contribution in [0.5, 0.6) is 0 Å². The number of ketones is 1. The topological polar surface area (TPSA) is 250 Å². The summed E-state index contributed by atoms with van der Waals surface area (Å²) in [5.74, 6) is -2.82. The van der Waals surface area contributed by atoms with Crippen LogP contribution < -0.4 is 38.1 Å². The number of allylic oxidation sites excluding steroid dienone is 4. The first-order valence-corrected chi connectivity index (χ1v) is 24.5. The first-order valence-electron chi connectivity index (χ1n) is 24.5. The van der Waals surface area contributed by atoms with Crippen molar-refractivity contribution in [2.24, 2.45) is 29.2 Å². The molecule has 0 aromatic heterocycles. The Kier molecular flexibility index (Phi) is 30.4. The molecule has 6 amide bonds. The van der Waals surface area contributed by atoms with Gasteiger partial charge < -0.3 is 47.5 Å². The molecule has 0 aliphatic carbocycles. The summed E-state index contributed by atoms with van der Waals surface area (Å²) in [7, 11) is 0. The molecule has 1 rings (SSSR count). The Hall–Kier alpha value is -5.25. The number of unbranched alkanes of at least 4 members (excludes halogenated alkanes) is 7. The zero-order chi connectivity index (χ0) is 50.2. The van der Waals surface area contributed by atoms with Gasteiger partial charge in [-0.05, 0) is 101 Å². The van der Waals surface area contributed by atoms with Crippen LogP contribution in [0.4, 0.5) is 15.3 Å². The molecule has 9 N–H and O–H groups in total. The summed E-state index contributed by atoms with van der Waals surface area (Å²) in [6, 6.07) is 3.00. The molecule has 378 valence electrons. The Balaban J connectivity index is 2.82. The number of rotatable bonds is 35. The number of primary amides is 1. The van der Waals surface area contributed by atoms with Crippen LogP contribution in [0.3, 0.4) is 0 Å². The number of benzene rings is 1. The summed E-state index contributed by atoms with van der Waals surface area (Å²) in [5.41, 5.74) is 10.6. The minimum atomic E-state index is -1.50. The largest absolute Gasteiger partial charge is 0.456 e. The summed E-state index contributed by atoms with van der Waals surface area (Å²) in [6.45, 7) is 14.3. The number of alkyl carbamates (subject to hydrolysis) is 1. The van der Waals surface area contributed by atoms with Gasteiger partial charge in [0.2, 0.25) is 17.7 Å². The Morgan fingerprint density at radius 3 is 1.97 bits per heavy atom. The van der Waals surface area contributed by atoms with Crippen LogP contribution in [0.2, 0.25) is 0 Å². The van der Waals surface area contributed by atoms with E-state index in [1.54, 1.807) is 38.1 Å². The van der Waals surface area contributed by atoms with E-state index in [0.29, 0.717) is 17.7 Å². The molecule has 0 aliphatic heterocycles. The maximum Gasteiger partial charge on any atom is 0.408 e. The molecule has 16 heteroatoms. The summed E-state index contributed by atoms with van der Waals surface area (Å²) in [4.78, 5) is 90.3. The number of nitrogens with two attached hydrogens (primary N) is 2. The highest BCUT2D eigenvalue weighted by Gasteiger charge is 2.35. The van der Waals surface area contributed by atoms with Crippen LogP contribution in [0.1, 0.15) is 164 Å². The fourth-order valence-corrected chi connectivity index (χ4v) is 7.03. The Morgan fingerprint density at radius 1 is 0.716 bits per heavy atom. The van der Waals surface area contributed by atoms with E-state index in [-0.39, 0.29) is 56.1 Å². The van der Waals surface area contributed by atoms with Crippen molar-refractivity contribution in [2.75, 3.05) is 18.5 Å². The zero-order valence-electron chi connectivity index (χ0n) is 41.8. The lowest BCUT2D eigenvalue weighted by molar-refractivity contribution is -0.156. The number of ether oxygens (including phenoxy) is 2. The molecular weight excluding hydrogens is 855 g/mol. The standard InChI is InChI=1S/C51H85N7O9/c1-9-11-13-15-16-17-18-19-21-23-26-39(25-22-20-14-12-10-2)43(59)35-66-48(63)51(7,8)58-46(61)42(33-36(3)4)57-50(65)67-34-38-28-30-40(31-29-38)55-45(60)41(27-24-32-54-49(53)64)56-47(62)44(52)37(5)6/h11,13,16-17,28-31,36-37,39,41-42,44H,9-10,12,14-15,18-27,32-35,52H2,1-8H3,(H,55,60)(H,56,62)(H,57,65)(H,58,61)(H3,53,54,64)/t39?,41-,42-,44-/m0/s1. The summed E-state index contributed by atoms with van der Waals surface area (Å²) in [6.07, 6.45) is 21.6. The van der Waals surface area contributed by atoms with Crippen molar-refractivity contribution < 1.29 is 43.0 Å². The Labute approximate surface area is 400 Å². The van der Waals surface area contributed by atoms with Crippen LogP contribution in [-0.2, 0) is 40.1 Å². The fourth-order valence-electron chi connectivity index (χ4n) is 7.03. The minimum Gasteiger partial charge on any atom is -0.456 e. The summed E-state index contributed by atoms with van der Waals surface area (Å²) >= 11 is 0. The fraction of sp³-hybridized carbons (Fsp3) is 0.667. The molecule has 67 heavy (non-hydrogen) atoms. The predicted octanol–water partition coefficient (Wildman–Crippen LogP) is 8.03. The van der Waals surface area contributed by atoms with Crippen LogP contribution in [0.15, 0.2) is 48.6 Å². The van der Waals surface area contributed by atoms with E-state index in [0.717, 1.165) is 83.5 Å². The predicted molar refractivity (Wildman–Crippen MR) is 265 cm³/mol. The number of esters is 1. The van der Waals surface area contributed by atoms with E-state index in [1.807, 2.05) is 13.8 Å². The number of urea groups is 1. The quantitative estimate of drug-likeness (QED) is 0.0196. The van der Waals surface area contributed by atoms with Crippen LogP contribution in [-0.4, -0.2) is 78.4 Å². The molecule has 0 bridgehead atoms. The molecule has 1 unspecified atom stereocenters. The van der Waals surface area contributed by atoms with Crippen molar-refractivity contribution in [1.82, 2.24) is 21.3 Å².